The van der Waals surface area contributed by atoms with Crippen LogP contribution >= 0.6 is 12.2 Å². The summed E-state index contributed by atoms with van der Waals surface area (Å²) in [7, 11) is 1.58. The van der Waals surface area contributed by atoms with Gasteiger partial charge in [0.15, 0.2) is 10.8 Å². The predicted octanol–water partition coefficient (Wildman–Crippen LogP) is 2.20. The van der Waals surface area contributed by atoms with E-state index in [1.54, 1.807) is 13.2 Å². The molecule has 0 bridgehead atoms. The van der Waals surface area contributed by atoms with Crippen LogP contribution in [0.25, 0.3) is 10.8 Å². The van der Waals surface area contributed by atoms with Gasteiger partial charge in [-0.15, -0.1) is 0 Å². The second kappa shape index (κ2) is 5.27. The first-order chi connectivity index (χ1) is 10.1. The standard InChI is InChI=1S/C16H14N2O2S/c1-20-16(10-9-14(19)17-15(21)18-16)13-8-4-6-11-5-2-3-7-12(11)13/h2-10H,1H3,(H2,17,18,19,21). The van der Waals surface area contributed by atoms with E-state index in [1.165, 1.54) is 6.08 Å². The summed E-state index contributed by atoms with van der Waals surface area (Å²) in [5, 5.41) is 8.00. The molecule has 0 saturated heterocycles. The number of methoxy groups -OCH3 is 1. The minimum Gasteiger partial charge on any atom is -0.351 e. The molecule has 21 heavy (non-hydrogen) atoms. The van der Waals surface area contributed by atoms with E-state index in [-0.39, 0.29) is 11.0 Å². The van der Waals surface area contributed by atoms with Gasteiger partial charge in [-0.2, -0.15) is 0 Å². The summed E-state index contributed by atoms with van der Waals surface area (Å²) < 4.78 is 5.69. The Morgan fingerprint density at radius 2 is 1.90 bits per heavy atom. The van der Waals surface area contributed by atoms with Gasteiger partial charge in [-0.25, -0.2) is 0 Å². The molecule has 1 aliphatic rings. The van der Waals surface area contributed by atoms with Crippen LogP contribution in [0.3, 0.4) is 0 Å². The van der Waals surface area contributed by atoms with Crippen molar-refractivity contribution in [2.45, 2.75) is 5.72 Å². The Hall–Kier alpha value is -2.24. The zero-order valence-electron chi connectivity index (χ0n) is 11.4. The lowest BCUT2D eigenvalue weighted by Crippen LogP contribution is -2.49. The van der Waals surface area contributed by atoms with Crippen LogP contribution in [-0.2, 0) is 15.3 Å². The summed E-state index contributed by atoms with van der Waals surface area (Å²) in [5.41, 5.74) is -0.0740. The van der Waals surface area contributed by atoms with Gasteiger partial charge in [-0.3, -0.25) is 10.1 Å². The van der Waals surface area contributed by atoms with Crippen molar-refractivity contribution in [1.29, 1.82) is 0 Å². The van der Waals surface area contributed by atoms with Crippen molar-refractivity contribution in [3.8, 4) is 0 Å². The van der Waals surface area contributed by atoms with Crippen LogP contribution in [0.1, 0.15) is 5.56 Å². The Morgan fingerprint density at radius 3 is 2.71 bits per heavy atom. The number of hydrogen-bond acceptors (Lipinski definition) is 3. The molecule has 1 heterocycles. The SMILES string of the molecule is COC1(c2cccc3ccccc23)C=CC(=O)NC(=S)N1. The average Bonchev–Trinajstić information content (AvgIpc) is 2.65. The summed E-state index contributed by atoms with van der Waals surface area (Å²) in [6.07, 6.45) is 3.11. The molecular weight excluding hydrogens is 284 g/mol. The molecule has 1 atom stereocenters. The first-order valence-electron chi connectivity index (χ1n) is 6.50. The van der Waals surface area contributed by atoms with E-state index in [2.05, 4.69) is 10.6 Å². The van der Waals surface area contributed by atoms with E-state index < -0.39 is 5.72 Å². The fourth-order valence-electron chi connectivity index (χ4n) is 2.52. The van der Waals surface area contributed by atoms with Gasteiger partial charge in [-0.1, -0.05) is 42.5 Å². The van der Waals surface area contributed by atoms with Crippen molar-refractivity contribution in [1.82, 2.24) is 10.6 Å². The first-order valence-corrected chi connectivity index (χ1v) is 6.91. The molecule has 2 aromatic rings. The van der Waals surface area contributed by atoms with Gasteiger partial charge in [0.25, 0.3) is 0 Å². The highest BCUT2D eigenvalue weighted by molar-refractivity contribution is 7.80. The summed E-state index contributed by atoms with van der Waals surface area (Å²) in [4.78, 5) is 11.6. The van der Waals surface area contributed by atoms with Crippen molar-refractivity contribution in [3.63, 3.8) is 0 Å². The summed E-state index contributed by atoms with van der Waals surface area (Å²) in [6.45, 7) is 0. The van der Waals surface area contributed by atoms with E-state index in [4.69, 9.17) is 17.0 Å². The van der Waals surface area contributed by atoms with Crippen LogP contribution < -0.4 is 10.6 Å². The van der Waals surface area contributed by atoms with Gasteiger partial charge in [-0.05, 0) is 29.1 Å². The van der Waals surface area contributed by atoms with Gasteiger partial charge >= 0.3 is 0 Å². The van der Waals surface area contributed by atoms with Gasteiger partial charge < -0.3 is 10.1 Å². The molecule has 4 nitrogen and oxygen atoms in total. The van der Waals surface area contributed by atoms with Gasteiger partial charge in [0.05, 0.1) is 0 Å². The largest absolute Gasteiger partial charge is 0.351 e. The topological polar surface area (TPSA) is 50.4 Å². The number of carbonyl (C=O) groups excluding carboxylic acids is 1. The lowest BCUT2D eigenvalue weighted by Gasteiger charge is -2.31. The first kappa shape index (κ1) is 13.7. The van der Waals surface area contributed by atoms with E-state index in [9.17, 15) is 4.79 Å². The van der Waals surface area contributed by atoms with Gasteiger partial charge in [0.2, 0.25) is 5.91 Å². The zero-order chi connectivity index (χ0) is 14.9. The third-order valence-electron chi connectivity index (χ3n) is 3.52. The number of ether oxygens (including phenoxy) is 1. The van der Waals surface area contributed by atoms with E-state index in [0.29, 0.717) is 0 Å². The highest BCUT2D eigenvalue weighted by atomic mass is 32.1. The quantitative estimate of drug-likeness (QED) is 0.835. The third kappa shape index (κ3) is 2.41. The lowest BCUT2D eigenvalue weighted by molar-refractivity contribution is -0.115. The summed E-state index contributed by atoms with van der Waals surface area (Å²) in [5.74, 6) is -0.272. The van der Waals surface area contributed by atoms with Crippen LogP contribution in [0.5, 0.6) is 0 Å². The third-order valence-corrected chi connectivity index (χ3v) is 3.72. The van der Waals surface area contributed by atoms with Gasteiger partial charge in [0.1, 0.15) is 0 Å². The minimum absolute atomic E-state index is 0.236. The Labute approximate surface area is 127 Å². The number of rotatable bonds is 2. The molecule has 1 amide bonds. The highest BCUT2D eigenvalue weighted by Crippen LogP contribution is 2.31. The predicted molar refractivity (Wildman–Crippen MR) is 85.7 cm³/mol. The number of nitrogens with one attached hydrogen (secondary N) is 2. The average molecular weight is 298 g/mol. The second-order valence-electron chi connectivity index (χ2n) is 4.74. The molecule has 0 radical (unpaired) electrons. The van der Waals surface area contributed by atoms with E-state index in [0.717, 1.165) is 16.3 Å². The molecule has 2 aromatic carbocycles. The Morgan fingerprint density at radius 1 is 1.14 bits per heavy atom. The van der Waals surface area contributed by atoms with Crippen LogP contribution in [-0.4, -0.2) is 18.1 Å². The maximum atomic E-state index is 11.6. The monoisotopic (exact) mass is 298 g/mol. The maximum Gasteiger partial charge on any atom is 0.249 e. The van der Waals surface area contributed by atoms with Crippen molar-refractivity contribution in [2.75, 3.05) is 7.11 Å². The lowest BCUT2D eigenvalue weighted by atomic mass is 9.95. The Kier molecular flexibility index (Phi) is 3.45. The number of benzene rings is 2. The number of hydrogen-bond donors (Lipinski definition) is 2. The molecule has 0 saturated carbocycles. The van der Waals surface area contributed by atoms with Crippen molar-refractivity contribution >= 4 is 34.0 Å². The van der Waals surface area contributed by atoms with Gasteiger partial charge in [0, 0.05) is 18.7 Å². The molecule has 0 aromatic heterocycles. The minimum atomic E-state index is -0.975. The molecule has 1 unspecified atom stereocenters. The summed E-state index contributed by atoms with van der Waals surface area (Å²) >= 11 is 5.14. The van der Waals surface area contributed by atoms with Crippen LogP contribution in [0, 0.1) is 0 Å². The van der Waals surface area contributed by atoms with E-state index >= 15 is 0 Å². The van der Waals surface area contributed by atoms with E-state index in [1.807, 2.05) is 42.5 Å². The molecule has 0 fully saturated rings. The Balaban J connectivity index is 2.24. The van der Waals surface area contributed by atoms with Crippen molar-refractivity contribution in [2.24, 2.45) is 0 Å². The normalized spacial score (nSPS) is 21.8. The fraction of sp³-hybridized carbons (Fsp3) is 0.125. The number of carbonyl (C=O) groups is 1. The van der Waals surface area contributed by atoms with Crippen LogP contribution in [0.15, 0.2) is 54.6 Å². The molecule has 1 aliphatic heterocycles. The molecule has 106 valence electrons. The Bertz CT molecular complexity index is 752. The number of thiocarbonyl (C=S) groups is 1. The van der Waals surface area contributed by atoms with Crippen LogP contribution in [0.2, 0.25) is 0 Å². The van der Waals surface area contributed by atoms with Crippen LogP contribution in [0.4, 0.5) is 0 Å². The maximum absolute atomic E-state index is 11.6. The molecular formula is C16H14N2O2S. The smallest absolute Gasteiger partial charge is 0.249 e. The fourth-order valence-corrected chi connectivity index (χ4v) is 2.78. The number of amides is 1. The van der Waals surface area contributed by atoms with Crippen molar-refractivity contribution in [3.05, 3.63) is 60.2 Å². The molecule has 2 N–H and O–H groups in total. The zero-order valence-corrected chi connectivity index (χ0v) is 12.2. The molecule has 3 rings (SSSR count). The molecule has 0 spiro atoms. The molecule has 0 aliphatic carbocycles. The second-order valence-corrected chi connectivity index (χ2v) is 5.15. The summed E-state index contributed by atoms with van der Waals surface area (Å²) in [6, 6.07) is 14.0. The number of fused-ring (bicyclic) bond motifs is 1. The molecule has 5 heteroatoms. The highest BCUT2D eigenvalue weighted by Gasteiger charge is 2.33. The van der Waals surface area contributed by atoms with Crippen molar-refractivity contribution < 1.29 is 9.53 Å².